The average Bonchev–Trinajstić information content (AvgIpc) is 2.37. The highest BCUT2D eigenvalue weighted by molar-refractivity contribution is 9.10. The van der Waals surface area contributed by atoms with E-state index in [1.54, 1.807) is 0 Å². The highest BCUT2D eigenvalue weighted by Crippen LogP contribution is 2.17. The van der Waals surface area contributed by atoms with Crippen molar-refractivity contribution in [1.29, 1.82) is 0 Å². The molecule has 0 atom stereocenters. The lowest BCUT2D eigenvalue weighted by Crippen LogP contribution is -2.11. The number of anilines is 1. The monoisotopic (exact) mass is 309 g/mol. The van der Waals surface area contributed by atoms with Gasteiger partial charge in [0, 0.05) is 12.1 Å². The number of hydrogen-bond acceptors (Lipinski definition) is 4. The van der Waals surface area contributed by atoms with Crippen molar-refractivity contribution >= 4 is 21.6 Å². The molecule has 0 bridgehead atoms. The second-order valence-corrected chi connectivity index (χ2v) is 4.44. The minimum Gasteiger partial charge on any atom is -0.476 e. The lowest BCUT2D eigenvalue weighted by Gasteiger charge is -2.07. The highest BCUT2D eigenvalue weighted by atomic mass is 79.9. The largest absolute Gasteiger partial charge is 0.476 e. The first-order valence-electron chi connectivity index (χ1n) is 5.38. The summed E-state index contributed by atoms with van der Waals surface area (Å²) in [5, 5.41) is 0. The second-order valence-electron chi connectivity index (χ2n) is 3.65. The zero-order valence-corrected chi connectivity index (χ0v) is 11.1. The summed E-state index contributed by atoms with van der Waals surface area (Å²) in [5.74, 6) is 0.285. The van der Waals surface area contributed by atoms with Crippen LogP contribution in [0.25, 0.3) is 0 Å². The van der Waals surface area contributed by atoms with E-state index in [1.165, 1.54) is 6.33 Å². The molecule has 18 heavy (non-hydrogen) atoms. The fraction of sp³-hybridized carbons (Fsp3) is 0.167. The van der Waals surface area contributed by atoms with E-state index in [2.05, 4.69) is 25.9 Å². The minimum atomic E-state index is -0.265. The quantitative estimate of drug-likeness (QED) is 0.843. The lowest BCUT2D eigenvalue weighted by atomic mass is 10.1. The summed E-state index contributed by atoms with van der Waals surface area (Å²) >= 11 is 3.13. The van der Waals surface area contributed by atoms with E-state index in [0.717, 1.165) is 11.3 Å². The predicted octanol–water partition coefficient (Wildman–Crippen LogP) is 1.74. The molecule has 0 radical (unpaired) electrons. The van der Waals surface area contributed by atoms with Crippen LogP contribution in [0.4, 0.5) is 5.69 Å². The van der Waals surface area contributed by atoms with Crippen LogP contribution in [0, 0.1) is 0 Å². The molecule has 0 amide bonds. The van der Waals surface area contributed by atoms with Gasteiger partial charge in [0.25, 0.3) is 5.56 Å². The molecule has 3 N–H and O–H groups in total. The third-order valence-electron chi connectivity index (χ3n) is 2.43. The zero-order valence-electron chi connectivity index (χ0n) is 9.52. The Hall–Kier alpha value is -1.82. The van der Waals surface area contributed by atoms with Gasteiger partial charge < -0.3 is 15.5 Å². The summed E-state index contributed by atoms with van der Waals surface area (Å²) < 4.78 is 5.74. The molecule has 0 saturated heterocycles. The van der Waals surface area contributed by atoms with Crippen LogP contribution in [0.5, 0.6) is 5.88 Å². The van der Waals surface area contributed by atoms with Gasteiger partial charge in [-0.05, 0) is 27.6 Å². The van der Waals surface area contributed by atoms with Crippen LogP contribution in [0.1, 0.15) is 5.56 Å². The number of para-hydroxylation sites is 1. The Bertz CT molecular complexity index is 598. The van der Waals surface area contributed by atoms with Gasteiger partial charge in [-0.1, -0.05) is 18.2 Å². The third kappa shape index (κ3) is 2.89. The van der Waals surface area contributed by atoms with Crippen LogP contribution in [-0.4, -0.2) is 16.6 Å². The van der Waals surface area contributed by atoms with Crippen LogP contribution in [0.2, 0.25) is 0 Å². The number of hydrogen-bond donors (Lipinski definition) is 2. The van der Waals surface area contributed by atoms with Crippen LogP contribution in [0.3, 0.4) is 0 Å². The molecule has 0 unspecified atom stereocenters. The number of nitrogens with zero attached hydrogens (tertiary/aromatic N) is 1. The summed E-state index contributed by atoms with van der Waals surface area (Å²) in [7, 11) is 0. The number of aromatic amines is 1. The standard InChI is InChI=1S/C12H12BrN3O2/c13-10-11(17)15-7-16-12(10)18-6-5-8-3-1-2-4-9(8)14/h1-4,7H,5-6,14H2,(H,15,16,17). The number of ether oxygens (including phenoxy) is 1. The molecule has 1 aromatic heterocycles. The summed E-state index contributed by atoms with van der Waals surface area (Å²) in [6.45, 7) is 0.406. The first-order valence-corrected chi connectivity index (χ1v) is 6.17. The van der Waals surface area contributed by atoms with E-state index >= 15 is 0 Å². The van der Waals surface area contributed by atoms with E-state index < -0.39 is 0 Å². The van der Waals surface area contributed by atoms with Gasteiger partial charge in [0.15, 0.2) is 0 Å². The fourth-order valence-corrected chi connectivity index (χ4v) is 1.82. The Kier molecular flexibility index (Phi) is 3.99. The Morgan fingerprint density at radius 1 is 1.39 bits per heavy atom. The fourth-order valence-electron chi connectivity index (χ4n) is 1.49. The van der Waals surface area contributed by atoms with Gasteiger partial charge in [0.1, 0.15) is 4.47 Å². The molecule has 1 aromatic carbocycles. The number of rotatable bonds is 4. The molecule has 1 heterocycles. The molecule has 0 aliphatic carbocycles. The molecule has 2 aromatic rings. The number of halogens is 1. The Labute approximate surface area is 112 Å². The van der Waals surface area contributed by atoms with E-state index in [9.17, 15) is 4.79 Å². The summed E-state index contributed by atoms with van der Waals surface area (Å²) in [6, 6.07) is 7.59. The van der Waals surface area contributed by atoms with Crippen molar-refractivity contribution in [3.05, 3.63) is 51.0 Å². The van der Waals surface area contributed by atoms with Crippen molar-refractivity contribution < 1.29 is 4.74 Å². The zero-order chi connectivity index (χ0) is 13.0. The van der Waals surface area contributed by atoms with Crippen molar-refractivity contribution in [2.75, 3.05) is 12.3 Å². The van der Waals surface area contributed by atoms with Gasteiger partial charge in [0.2, 0.25) is 5.88 Å². The second kappa shape index (κ2) is 5.68. The van der Waals surface area contributed by atoms with E-state index in [0.29, 0.717) is 17.5 Å². The molecule has 94 valence electrons. The average molecular weight is 310 g/mol. The number of aromatic nitrogens is 2. The van der Waals surface area contributed by atoms with E-state index in [4.69, 9.17) is 10.5 Å². The van der Waals surface area contributed by atoms with Crippen LogP contribution in [-0.2, 0) is 6.42 Å². The normalized spacial score (nSPS) is 10.3. The number of nitrogens with one attached hydrogen (secondary N) is 1. The summed E-state index contributed by atoms with van der Waals surface area (Å²) in [4.78, 5) is 17.7. The summed E-state index contributed by atoms with van der Waals surface area (Å²) in [5.41, 5.74) is 7.30. The summed E-state index contributed by atoms with van der Waals surface area (Å²) in [6.07, 6.45) is 1.97. The maximum atomic E-state index is 11.3. The smallest absolute Gasteiger partial charge is 0.268 e. The van der Waals surface area contributed by atoms with Crippen molar-refractivity contribution in [3.63, 3.8) is 0 Å². The maximum absolute atomic E-state index is 11.3. The first-order chi connectivity index (χ1) is 8.68. The van der Waals surface area contributed by atoms with Crippen molar-refractivity contribution in [2.45, 2.75) is 6.42 Å². The van der Waals surface area contributed by atoms with Gasteiger partial charge in [-0.2, -0.15) is 0 Å². The van der Waals surface area contributed by atoms with Gasteiger partial charge in [-0.3, -0.25) is 4.79 Å². The van der Waals surface area contributed by atoms with E-state index in [-0.39, 0.29) is 11.4 Å². The highest BCUT2D eigenvalue weighted by Gasteiger charge is 2.06. The first kappa shape index (κ1) is 12.6. The molecular formula is C12H12BrN3O2. The van der Waals surface area contributed by atoms with Crippen LogP contribution in [0.15, 0.2) is 39.9 Å². The van der Waals surface area contributed by atoms with Gasteiger partial charge >= 0.3 is 0 Å². The molecule has 0 spiro atoms. The lowest BCUT2D eigenvalue weighted by molar-refractivity contribution is 0.306. The molecule has 0 saturated carbocycles. The van der Waals surface area contributed by atoms with Crippen LogP contribution < -0.4 is 16.0 Å². The SMILES string of the molecule is Nc1ccccc1CCOc1nc[nH]c(=O)c1Br. The topological polar surface area (TPSA) is 81.0 Å². The molecule has 6 heteroatoms. The van der Waals surface area contributed by atoms with Gasteiger partial charge in [-0.25, -0.2) is 4.98 Å². The molecule has 5 nitrogen and oxygen atoms in total. The molecule has 0 aliphatic heterocycles. The molecular weight excluding hydrogens is 298 g/mol. The number of nitrogen functional groups attached to an aromatic ring is 1. The third-order valence-corrected chi connectivity index (χ3v) is 3.13. The van der Waals surface area contributed by atoms with Crippen molar-refractivity contribution in [2.24, 2.45) is 0 Å². The Morgan fingerprint density at radius 3 is 2.94 bits per heavy atom. The van der Waals surface area contributed by atoms with E-state index in [1.807, 2.05) is 24.3 Å². The Balaban J connectivity index is 1.99. The van der Waals surface area contributed by atoms with Gasteiger partial charge in [-0.15, -0.1) is 0 Å². The van der Waals surface area contributed by atoms with Crippen molar-refractivity contribution in [1.82, 2.24) is 9.97 Å². The van der Waals surface area contributed by atoms with Gasteiger partial charge in [0.05, 0.1) is 12.9 Å². The maximum Gasteiger partial charge on any atom is 0.268 e. The number of benzene rings is 1. The van der Waals surface area contributed by atoms with Crippen molar-refractivity contribution in [3.8, 4) is 5.88 Å². The number of nitrogens with two attached hydrogens (primary N) is 1. The molecule has 0 fully saturated rings. The predicted molar refractivity (Wildman–Crippen MR) is 72.6 cm³/mol. The van der Waals surface area contributed by atoms with Crippen LogP contribution >= 0.6 is 15.9 Å². The Morgan fingerprint density at radius 2 is 2.17 bits per heavy atom. The molecule has 0 aliphatic rings. The number of H-pyrrole nitrogens is 1. The minimum absolute atomic E-state index is 0.265. The molecule has 2 rings (SSSR count).